The molecule has 0 amide bonds. The molecule has 0 aromatic heterocycles. The van der Waals surface area contributed by atoms with E-state index in [4.69, 9.17) is 5.11 Å². The van der Waals surface area contributed by atoms with Crippen LogP contribution in [0, 0.1) is 5.92 Å². The second kappa shape index (κ2) is 5.50. The third-order valence-electron chi connectivity index (χ3n) is 1.39. The Balaban J connectivity index is 3.88. The van der Waals surface area contributed by atoms with Crippen LogP contribution in [0.4, 0.5) is 0 Å². The van der Waals surface area contributed by atoms with Crippen molar-refractivity contribution in [2.24, 2.45) is 5.92 Å². The molecule has 0 aliphatic rings. The Hall–Kier alpha value is -0.130. The summed E-state index contributed by atoms with van der Waals surface area (Å²) in [5.74, 6) is -0.192. The zero-order chi connectivity index (χ0) is 9.61. The molecule has 4 nitrogen and oxygen atoms in total. The van der Waals surface area contributed by atoms with Gasteiger partial charge in [0.25, 0.3) is 0 Å². The molecule has 0 heterocycles. The van der Waals surface area contributed by atoms with Crippen molar-refractivity contribution in [2.75, 3.05) is 18.9 Å². The van der Waals surface area contributed by atoms with Gasteiger partial charge in [-0.3, -0.25) is 0 Å². The largest absolute Gasteiger partial charge is 0.396 e. The summed E-state index contributed by atoms with van der Waals surface area (Å²) in [6.45, 7) is 3.98. The van der Waals surface area contributed by atoms with Gasteiger partial charge in [-0.25, -0.2) is 13.1 Å². The molecular formula is C7H17NO3S. The molecule has 0 aliphatic carbocycles. The third-order valence-corrected chi connectivity index (χ3v) is 3.04. The Morgan fingerprint density at radius 2 is 2.08 bits per heavy atom. The monoisotopic (exact) mass is 195 g/mol. The number of hydrogen-bond acceptors (Lipinski definition) is 3. The number of rotatable bonds is 6. The Kier molecular flexibility index (Phi) is 5.44. The normalized spacial score (nSPS) is 14.6. The summed E-state index contributed by atoms with van der Waals surface area (Å²) in [7, 11) is -3.17. The summed E-state index contributed by atoms with van der Waals surface area (Å²) >= 11 is 0. The second-order valence-corrected chi connectivity index (χ2v) is 4.82. The minimum Gasteiger partial charge on any atom is -0.396 e. The van der Waals surface area contributed by atoms with Crippen LogP contribution in [-0.4, -0.2) is 32.4 Å². The first kappa shape index (κ1) is 11.9. The van der Waals surface area contributed by atoms with Gasteiger partial charge in [-0.05, 0) is 12.3 Å². The number of sulfonamides is 1. The first-order valence-electron chi connectivity index (χ1n) is 4.10. The lowest BCUT2D eigenvalue weighted by molar-refractivity contribution is 0.249. The zero-order valence-corrected chi connectivity index (χ0v) is 8.39. The van der Waals surface area contributed by atoms with E-state index < -0.39 is 10.0 Å². The quantitative estimate of drug-likeness (QED) is 0.624. The van der Waals surface area contributed by atoms with E-state index >= 15 is 0 Å². The molecule has 0 radical (unpaired) electrons. The average Bonchev–Trinajstić information content (AvgIpc) is 2.00. The third kappa shape index (κ3) is 5.51. The van der Waals surface area contributed by atoms with Gasteiger partial charge in [-0.1, -0.05) is 13.8 Å². The Morgan fingerprint density at radius 1 is 1.50 bits per heavy atom. The topological polar surface area (TPSA) is 66.4 Å². The molecule has 0 aliphatic heterocycles. The first-order valence-corrected chi connectivity index (χ1v) is 5.75. The molecule has 0 bridgehead atoms. The Morgan fingerprint density at radius 3 is 2.50 bits per heavy atom. The van der Waals surface area contributed by atoms with Crippen molar-refractivity contribution in [2.45, 2.75) is 20.3 Å². The smallest absolute Gasteiger partial charge is 0.211 e. The van der Waals surface area contributed by atoms with Gasteiger partial charge in [-0.2, -0.15) is 0 Å². The standard InChI is InChI=1S/C7H17NO3S/c1-3-4-8-12(10,11)6-7(2)5-9/h7-9H,3-6H2,1-2H3. The lowest BCUT2D eigenvalue weighted by Gasteiger charge is -2.08. The highest BCUT2D eigenvalue weighted by molar-refractivity contribution is 7.89. The van der Waals surface area contributed by atoms with E-state index in [0.717, 1.165) is 6.42 Å². The van der Waals surface area contributed by atoms with E-state index in [9.17, 15) is 8.42 Å². The Bertz CT molecular complexity index is 201. The van der Waals surface area contributed by atoms with Gasteiger partial charge >= 0.3 is 0 Å². The molecule has 1 unspecified atom stereocenters. The average molecular weight is 195 g/mol. The van der Waals surface area contributed by atoms with Crippen molar-refractivity contribution in [3.63, 3.8) is 0 Å². The van der Waals surface area contributed by atoms with E-state index in [-0.39, 0.29) is 18.3 Å². The molecule has 0 saturated heterocycles. The van der Waals surface area contributed by atoms with E-state index in [1.165, 1.54) is 0 Å². The maximum atomic E-state index is 11.1. The van der Waals surface area contributed by atoms with Gasteiger partial charge in [0.2, 0.25) is 10.0 Å². The minimum absolute atomic E-state index is 0.00347. The van der Waals surface area contributed by atoms with Crippen LogP contribution in [-0.2, 0) is 10.0 Å². The number of aliphatic hydroxyl groups is 1. The molecule has 5 heteroatoms. The molecule has 12 heavy (non-hydrogen) atoms. The molecule has 0 rings (SSSR count). The van der Waals surface area contributed by atoms with E-state index in [1.54, 1.807) is 6.92 Å². The van der Waals surface area contributed by atoms with Crippen molar-refractivity contribution in [3.05, 3.63) is 0 Å². The van der Waals surface area contributed by atoms with Crippen LogP contribution < -0.4 is 4.72 Å². The number of hydrogen-bond donors (Lipinski definition) is 2. The zero-order valence-electron chi connectivity index (χ0n) is 7.58. The second-order valence-electron chi connectivity index (χ2n) is 2.96. The van der Waals surface area contributed by atoms with E-state index in [2.05, 4.69) is 4.72 Å². The number of aliphatic hydroxyl groups excluding tert-OH is 1. The van der Waals surface area contributed by atoms with Crippen molar-refractivity contribution < 1.29 is 13.5 Å². The molecule has 2 N–H and O–H groups in total. The lowest BCUT2D eigenvalue weighted by Crippen LogP contribution is -2.30. The highest BCUT2D eigenvalue weighted by atomic mass is 32.2. The number of nitrogens with one attached hydrogen (secondary N) is 1. The fourth-order valence-electron chi connectivity index (χ4n) is 0.744. The first-order chi connectivity index (χ1) is 5.52. The van der Waals surface area contributed by atoms with Crippen molar-refractivity contribution >= 4 is 10.0 Å². The van der Waals surface area contributed by atoms with Crippen molar-refractivity contribution in [1.82, 2.24) is 4.72 Å². The summed E-state index contributed by atoms with van der Waals surface area (Å²) in [6.07, 6.45) is 0.784. The van der Waals surface area contributed by atoms with Crippen LogP contribution in [0.1, 0.15) is 20.3 Å². The van der Waals surface area contributed by atoms with Crippen LogP contribution in [0.25, 0.3) is 0 Å². The molecule has 74 valence electrons. The fourth-order valence-corrected chi connectivity index (χ4v) is 2.23. The SMILES string of the molecule is CCCNS(=O)(=O)CC(C)CO. The van der Waals surface area contributed by atoms with Crippen molar-refractivity contribution in [1.29, 1.82) is 0 Å². The van der Waals surface area contributed by atoms with Gasteiger partial charge in [0, 0.05) is 13.2 Å². The van der Waals surface area contributed by atoms with E-state index in [1.807, 2.05) is 6.92 Å². The highest BCUT2D eigenvalue weighted by Crippen LogP contribution is 1.97. The lowest BCUT2D eigenvalue weighted by atomic mass is 10.2. The van der Waals surface area contributed by atoms with Gasteiger partial charge in [-0.15, -0.1) is 0 Å². The summed E-state index contributed by atoms with van der Waals surface area (Å²) in [6, 6.07) is 0. The molecule has 0 aromatic carbocycles. The summed E-state index contributed by atoms with van der Waals surface area (Å²) in [5.41, 5.74) is 0. The van der Waals surface area contributed by atoms with Crippen LogP contribution in [0.3, 0.4) is 0 Å². The van der Waals surface area contributed by atoms with Crippen molar-refractivity contribution in [3.8, 4) is 0 Å². The summed E-state index contributed by atoms with van der Waals surface area (Å²) in [5, 5.41) is 8.63. The van der Waals surface area contributed by atoms with Gasteiger partial charge in [0.05, 0.1) is 5.75 Å². The Labute approximate surface area is 74.0 Å². The van der Waals surface area contributed by atoms with Crippen LogP contribution in [0.2, 0.25) is 0 Å². The summed E-state index contributed by atoms with van der Waals surface area (Å²) < 4.78 is 24.7. The highest BCUT2D eigenvalue weighted by Gasteiger charge is 2.13. The minimum atomic E-state index is -3.17. The molecule has 0 aromatic rings. The van der Waals surface area contributed by atoms with Gasteiger partial charge < -0.3 is 5.11 Å². The maximum Gasteiger partial charge on any atom is 0.211 e. The molecule has 0 fully saturated rings. The summed E-state index contributed by atoms with van der Waals surface area (Å²) in [4.78, 5) is 0. The van der Waals surface area contributed by atoms with Crippen LogP contribution >= 0.6 is 0 Å². The van der Waals surface area contributed by atoms with E-state index in [0.29, 0.717) is 6.54 Å². The predicted octanol–water partition coefficient (Wildman–Crippen LogP) is -0.0558. The molecule has 0 saturated carbocycles. The molecular weight excluding hydrogens is 178 g/mol. The molecule has 0 spiro atoms. The van der Waals surface area contributed by atoms with Crippen LogP contribution in [0.5, 0.6) is 0 Å². The van der Waals surface area contributed by atoms with Crippen LogP contribution in [0.15, 0.2) is 0 Å². The fraction of sp³-hybridized carbons (Fsp3) is 1.00. The predicted molar refractivity (Wildman–Crippen MR) is 48.3 cm³/mol. The van der Waals surface area contributed by atoms with Gasteiger partial charge in [0.15, 0.2) is 0 Å². The maximum absolute atomic E-state index is 11.1. The van der Waals surface area contributed by atoms with Gasteiger partial charge in [0.1, 0.15) is 0 Å². The molecule has 1 atom stereocenters.